The molecule has 2 N–H and O–H groups in total. The Morgan fingerprint density at radius 3 is 1.76 bits per heavy atom. The molecule has 7 heteroatoms. The smallest absolute Gasteiger partial charge is 0.330 e. The number of aryl methyl sites for hydroxylation is 1. The van der Waals surface area contributed by atoms with Gasteiger partial charge in [-0.25, -0.2) is 4.79 Å². The summed E-state index contributed by atoms with van der Waals surface area (Å²) in [6, 6.07) is 5.99. The number of carbonyl (C=O) groups is 1. The van der Waals surface area contributed by atoms with Gasteiger partial charge in [0.15, 0.2) is 0 Å². The molecule has 0 unspecified atom stereocenters. The Labute approximate surface area is 151 Å². The van der Waals surface area contributed by atoms with E-state index in [-0.39, 0.29) is 4.90 Å². The molecule has 25 heavy (non-hydrogen) atoms. The molecule has 0 aliphatic carbocycles. The Bertz CT molecular complexity index is 617. The Hall–Kier alpha value is -1.70. The predicted octanol–water partition coefficient (Wildman–Crippen LogP) is 3.63. The van der Waals surface area contributed by atoms with Crippen LogP contribution >= 0.6 is 0 Å². The van der Waals surface area contributed by atoms with Gasteiger partial charge in [0.05, 0.1) is 4.90 Å². The van der Waals surface area contributed by atoms with E-state index < -0.39 is 16.1 Å². The number of hydrogen-bond acceptors (Lipinski definition) is 4. The van der Waals surface area contributed by atoms with Gasteiger partial charge in [-0.05, 0) is 52.5 Å². The third kappa shape index (κ3) is 14.4. The molecular weight excluding hydrogens is 342 g/mol. The number of carboxylic acids is 1. The summed E-state index contributed by atoms with van der Waals surface area (Å²) < 4.78 is 29.6. The molecule has 0 radical (unpaired) electrons. The van der Waals surface area contributed by atoms with E-state index in [9.17, 15) is 13.2 Å². The van der Waals surface area contributed by atoms with Crippen LogP contribution in [-0.2, 0) is 14.9 Å². The highest BCUT2D eigenvalue weighted by molar-refractivity contribution is 7.85. The van der Waals surface area contributed by atoms with Gasteiger partial charge < -0.3 is 10.0 Å². The third-order valence-electron chi connectivity index (χ3n) is 3.25. The van der Waals surface area contributed by atoms with E-state index in [1.807, 2.05) is 13.8 Å². The summed E-state index contributed by atoms with van der Waals surface area (Å²) in [5, 5.41) is 8.24. The molecule has 0 heterocycles. The van der Waals surface area contributed by atoms with Gasteiger partial charge in [-0.2, -0.15) is 8.42 Å². The fraction of sp³-hybridized carbons (Fsp3) is 0.500. The second kappa shape index (κ2) is 13.6. The van der Waals surface area contributed by atoms with Crippen molar-refractivity contribution in [3.8, 4) is 0 Å². The van der Waals surface area contributed by atoms with E-state index in [1.54, 1.807) is 25.1 Å². The predicted molar refractivity (Wildman–Crippen MR) is 102 cm³/mol. The van der Waals surface area contributed by atoms with Crippen LogP contribution in [0, 0.1) is 6.92 Å². The van der Waals surface area contributed by atoms with Crippen molar-refractivity contribution in [1.82, 2.24) is 4.90 Å². The van der Waals surface area contributed by atoms with E-state index in [0.717, 1.165) is 25.1 Å². The zero-order chi connectivity index (χ0) is 20.0. The normalized spacial score (nSPS) is 11.1. The van der Waals surface area contributed by atoms with Crippen molar-refractivity contribution >= 4 is 16.1 Å². The van der Waals surface area contributed by atoms with Crippen LogP contribution in [0.1, 0.15) is 39.7 Å². The molecule has 6 nitrogen and oxygen atoms in total. The fourth-order valence-electron chi connectivity index (χ4n) is 1.33. The highest BCUT2D eigenvalue weighted by atomic mass is 32.2. The minimum absolute atomic E-state index is 0.0666. The number of hydrogen-bond donors (Lipinski definition) is 2. The van der Waals surface area contributed by atoms with Crippen LogP contribution in [0.3, 0.4) is 0 Å². The molecule has 0 amide bonds. The second-order valence-corrected chi connectivity index (χ2v) is 6.80. The highest BCUT2D eigenvalue weighted by Crippen LogP contribution is 2.08. The first-order valence-corrected chi connectivity index (χ1v) is 9.56. The molecule has 0 bridgehead atoms. The summed E-state index contributed by atoms with van der Waals surface area (Å²) >= 11 is 0. The van der Waals surface area contributed by atoms with Gasteiger partial charge in [-0.15, -0.1) is 0 Å². The van der Waals surface area contributed by atoms with Crippen molar-refractivity contribution in [2.45, 2.75) is 45.9 Å². The van der Waals surface area contributed by atoms with Gasteiger partial charge >= 0.3 is 5.97 Å². The second-order valence-electron chi connectivity index (χ2n) is 5.38. The average Bonchev–Trinajstić information content (AvgIpc) is 2.55. The number of aliphatic carboxylic acids is 1. The lowest BCUT2D eigenvalue weighted by Gasteiger charge is -2.07. The third-order valence-corrected chi connectivity index (χ3v) is 4.11. The summed E-state index contributed by atoms with van der Waals surface area (Å²) in [6.07, 6.45) is 2.47. The lowest BCUT2D eigenvalue weighted by molar-refractivity contribution is -0.132. The summed E-state index contributed by atoms with van der Waals surface area (Å²) in [5.74, 6) is -0.827. The van der Waals surface area contributed by atoms with Crippen molar-refractivity contribution < 1.29 is 22.9 Å². The molecular formula is C18H31NO5S. The first kappa shape index (κ1) is 25.5. The lowest BCUT2D eigenvalue weighted by atomic mass is 10.2. The number of rotatable bonds is 5. The fourth-order valence-corrected chi connectivity index (χ4v) is 1.81. The minimum atomic E-state index is -4.02. The summed E-state index contributed by atoms with van der Waals surface area (Å²) in [5.41, 5.74) is 1.38. The van der Waals surface area contributed by atoms with Gasteiger partial charge in [-0.3, -0.25) is 4.55 Å². The summed E-state index contributed by atoms with van der Waals surface area (Å²) in [6.45, 7) is 12.0. The maximum absolute atomic E-state index is 10.5. The van der Waals surface area contributed by atoms with Gasteiger partial charge in [0.1, 0.15) is 0 Å². The minimum Gasteiger partial charge on any atom is -0.478 e. The molecule has 1 rings (SSSR count). The molecule has 1 aromatic carbocycles. The maximum Gasteiger partial charge on any atom is 0.330 e. The van der Waals surface area contributed by atoms with Gasteiger partial charge in [0.25, 0.3) is 10.1 Å². The zero-order valence-corrected chi connectivity index (χ0v) is 16.8. The van der Waals surface area contributed by atoms with Crippen molar-refractivity contribution in [3.05, 3.63) is 41.5 Å². The number of benzene rings is 1. The molecule has 0 spiro atoms. The first-order valence-electron chi connectivity index (χ1n) is 8.12. The topological polar surface area (TPSA) is 94.9 Å². The molecule has 0 aliphatic rings. The average molecular weight is 374 g/mol. The van der Waals surface area contributed by atoms with Crippen LogP contribution in [0.5, 0.6) is 0 Å². The molecule has 0 aromatic heterocycles. The molecule has 144 valence electrons. The van der Waals surface area contributed by atoms with Crippen LogP contribution in [0.2, 0.25) is 0 Å². The molecule has 0 saturated carbocycles. The number of allylic oxidation sites excluding steroid dienone is 1. The van der Waals surface area contributed by atoms with E-state index in [2.05, 4.69) is 25.8 Å². The standard InChI is InChI=1S/C7H8O3S.C6H10O2.C5H13N/c1-6-2-4-7(5-3-6)11(8,9)10;1-3-4-5(2)6(7)8;1-4-6(3)5-2/h2-5H,1H3,(H,8,9,10);4H,3H2,1-2H3,(H,7,8);4-5H2,1-3H3. The first-order chi connectivity index (χ1) is 11.5. The largest absolute Gasteiger partial charge is 0.478 e. The Morgan fingerprint density at radius 1 is 1.12 bits per heavy atom. The number of carboxylic acid groups (broad SMARTS) is 1. The van der Waals surface area contributed by atoms with E-state index in [4.69, 9.17) is 9.66 Å². The van der Waals surface area contributed by atoms with Crippen molar-refractivity contribution in [3.63, 3.8) is 0 Å². The Morgan fingerprint density at radius 2 is 1.56 bits per heavy atom. The number of nitrogens with zero attached hydrogens (tertiary/aromatic N) is 1. The van der Waals surface area contributed by atoms with E-state index in [1.165, 1.54) is 12.1 Å². The van der Waals surface area contributed by atoms with Crippen molar-refractivity contribution in [2.75, 3.05) is 20.1 Å². The summed E-state index contributed by atoms with van der Waals surface area (Å²) in [4.78, 5) is 12.2. The van der Waals surface area contributed by atoms with Crippen LogP contribution in [-0.4, -0.2) is 49.1 Å². The Kier molecular flexibility index (Phi) is 13.9. The van der Waals surface area contributed by atoms with Crippen LogP contribution < -0.4 is 0 Å². The monoisotopic (exact) mass is 373 g/mol. The molecule has 0 atom stereocenters. The van der Waals surface area contributed by atoms with E-state index in [0.29, 0.717) is 5.57 Å². The zero-order valence-electron chi connectivity index (χ0n) is 16.0. The maximum atomic E-state index is 10.5. The lowest BCUT2D eigenvalue weighted by Crippen LogP contribution is -2.15. The van der Waals surface area contributed by atoms with Crippen LogP contribution in [0.4, 0.5) is 0 Å². The van der Waals surface area contributed by atoms with Crippen LogP contribution in [0.15, 0.2) is 40.8 Å². The van der Waals surface area contributed by atoms with Gasteiger partial charge in [0, 0.05) is 5.57 Å². The molecule has 0 fully saturated rings. The molecule has 0 aliphatic heterocycles. The van der Waals surface area contributed by atoms with Gasteiger partial charge in [0.2, 0.25) is 0 Å². The summed E-state index contributed by atoms with van der Waals surface area (Å²) in [7, 11) is -1.91. The molecule has 1 aromatic rings. The SMILES string of the molecule is CCC=C(C)C(=O)O.CCN(C)CC.Cc1ccc(S(=O)(=O)O)cc1. The molecule has 0 saturated heterocycles. The van der Waals surface area contributed by atoms with Gasteiger partial charge in [-0.1, -0.05) is 44.5 Å². The quantitative estimate of drug-likeness (QED) is 0.604. The van der Waals surface area contributed by atoms with Crippen molar-refractivity contribution in [2.24, 2.45) is 0 Å². The highest BCUT2D eigenvalue weighted by Gasteiger charge is 2.06. The van der Waals surface area contributed by atoms with E-state index >= 15 is 0 Å². The Balaban J connectivity index is 0. The van der Waals surface area contributed by atoms with Crippen LogP contribution in [0.25, 0.3) is 0 Å². The van der Waals surface area contributed by atoms with Crippen molar-refractivity contribution in [1.29, 1.82) is 0 Å².